The van der Waals surface area contributed by atoms with Crippen LogP contribution in [0, 0.1) is 11.6 Å². The minimum absolute atomic E-state index is 0.00544. The van der Waals surface area contributed by atoms with Gasteiger partial charge in [-0.2, -0.15) is 0 Å². The number of nitrogens with one attached hydrogen (secondary N) is 2. The Labute approximate surface area is 269 Å². The average molecular weight is 683 g/mol. The standard InChI is InChI=1S/C32H25F2N2O11P/c33-23-12-21-27(14-25(23)37)46-28-15-26(38)24(34)13-22(28)30(21)19-7-4-17(11-20(19)32(41)42)31(40)36-10-9-35-29(39)8-3-16-1-5-18(6-2-16)47-48(43,44)45/h1-2,4-7,11-15,37H,3,8-10H2,(H,35,39)(H,36,40)(H,41,42)(H2,43,44,45). The monoisotopic (exact) mass is 682 g/mol. The van der Waals surface area contributed by atoms with Gasteiger partial charge in [-0.05, 0) is 53.9 Å². The van der Waals surface area contributed by atoms with Crippen molar-refractivity contribution >= 4 is 36.6 Å². The van der Waals surface area contributed by atoms with E-state index in [0.717, 1.165) is 30.3 Å². The molecular weight excluding hydrogens is 657 g/mol. The van der Waals surface area contributed by atoms with Crippen molar-refractivity contribution in [2.75, 3.05) is 13.1 Å². The van der Waals surface area contributed by atoms with Crippen molar-refractivity contribution in [1.29, 1.82) is 0 Å². The third-order valence-electron chi connectivity index (χ3n) is 7.16. The number of aliphatic hydroxyl groups excluding tert-OH is 1. The largest absolute Gasteiger partial charge is 0.746 e. The predicted molar refractivity (Wildman–Crippen MR) is 164 cm³/mol. The van der Waals surface area contributed by atoms with Crippen LogP contribution in [0.1, 0.15) is 27.9 Å². The number of phosphoric ester groups is 1. The third kappa shape index (κ3) is 7.66. The summed E-state index contributed by atoms with van der Waals surface area (Å²) in [5, 5.41) is 33.2. The number of fused-ring (bicyclic) bond motifs is 2. The normalized spacial score (nSPS) is 13.0. The third-order valence-corrected chi connectivity index (χ3v) is 7.60. The van der Waals surface area contributed by atoms with Gasteiger partial charge in [0.25, 0.3) is 0 Å². The number of phenols is 1. The highest BCUT2D eigenvalue weighted by molar-refractivity contribution is 7.45. The van der Waals surface area contributed by atoms with Crippen LogP contribution in [-0.4, -0.2) is 51.1 Å². The molecule has 1 amide bonds. The fourth-order valence-corrected chi connectivity index (χ4v) is 5.35. The van der Waals surface area contributed by atoms with Gasteiger partial charge in [-0.1, -0.05) is 18.2 Å². The Balaban J connectivity index is 1.32. The molecule has 2 aliphatic rings. The van der Waals surface area contributed by atoms with E-state index < -0.39 is 42.5 Å². The molecule has 0 fully saturated rings. The van der Waals surface area contributed by atoms with Gasteiger partial charge in [0.2, 0.25) is 11.3 Å². The number of carbonyl (C=O) groups excluding carboxylic acids is 1. The molecule has 1 atom stereocenters. The Morgan fingerprint density at radius 1 is 0.979 bits per heavy atom. The quantitative estimate of drug-likeness (QED) is 0.0390. The second-order valence-electron chi connectivity index (χ2n) is 10.5. The van der Waals surface area contributed by atoms with E-state index in [1.165, 1.54) is 36.4 Å². The molecule has 0 bridgehead atoms. The van der Waals surface area contributed by atoms with Gasteiger partial charge in [-0.15, -0.1) is 0 Å². The fraction of sp³-hybridized carbons (Fsp3) is 0.125. The second kappa shape index (κ2) is 13.6. The number of aromatic hydroxyl groups is 1. The number of rotatable bonds is 11. The summed E-state index contributed by atoms with van der Waals surface area (Å²) in [6, 6.07) is 13.0. The van der Waals surface area contributed by atoms with Gasteiger partial charge in [0.05, 0.1) is 17.7 Å². The zero-order chi connectivity index (χ0) is 34.7. The van der Waals surface area contributed by atoms with Crippen molar-refractivity contribution < 1.29 is 62.0 Å². The summed E-state index contributed by atoms with van der Waals surface area (Å²) >= 11 is 0. The number of amides is 1. The Bertz CT molecular complexity index is 2160. The SMILES string of the molecule is O=C(CCc1ccc(OP(=O)([O-])O)cc1)NCC[NH+]=C(O)c1ccc(-c2c3cc(F)c(=O)cc-3oc3cc(O)c(F)cc23)c(C(=O)O)c1. The summed E-state index contributed by atoms with van der Waals surface area (Å²) in [5.74, 6) is -5.41. The Hall–Kier alpha value is -5.63. The van der Waals surface area contributed by atoms with Gasteiger partial charge >= 0.3 is 19.7 Å². The van der Waals surface area contributed by atoms with Crippen molar-refractivity contribution in [3.63, 3.8) is 0 Å². The first-order chi connectivity index (χ1) is 22.7. The van der Waals surface area contributed by atoms with Crippen LogP contribution in [-0.2, 0) is 15.8 Å². The number of carboxylic acids is 1. The number of hydrogen-bond donors (Lipinski definition) is 6. The van der Waals surface area contributed by atoms with Crippen molar-refractivity contribution in [3.05, 3.63) is 105 Å². The van der Waals surface area contributed by atoms with Gasteiger partial charge in [0, 0.05) is 35.1 Å². The summed E-state index contributed by atoms with van der Waals surface area (Å²) in [4.78, 5) is 58.8. The van der Waals surface area contributed by atoms with E-state index in [-0.39, 0.29) is 75.7 Å². The Morgan fingerprint density at radius 3 is 2.40 bits per heavy atom. The summed E-state index contributed by atoms with van der Waals surface area (Å²) in [5.41, 5.74) is -0.800. The molecule has 0 saturated carbocycles. The fourth-order valence-electron chi connectivity index (χ4n) is 4.96. The summed E-state index contributed by atoms with van der Waals surface area (Å²) < 4.78 is 49.6. The zero-order valence-electron chi connectivity index (χ0n) is 24.5. The molecule has 13 nitrogen and oxygen atoms in total. The molecule has 1 aliphatic heterocycles. The van der Waals surface area contributed by atoms with Crippen LogP contribution in [0.15, 0.2) is 75.9 Å². The Kier molecular flexibility index (Phi) is 9.57. The first-order valence-electron chi connectivity index (χ1n) is 14.1. The van der Waals surface area contributed by atoms with E-state index in [4.69, 9.17) is 9.31 Å². The first-order valence-corrected chi connectivity index (χ1v) is 15.5. The number of halogens is 2. The smallest absolute Gasteiger partial charge is 0.365 e. The molecule has 6 N–H and O–H groups in total. The van der Waals surface area contributed by atoms with Crippen LogP contribution in [0.25, 0.3) is 33.4 Å². The molecule has 48 heavy (non-hydrogen) atoms. The molecule has 248 valence electrons. The highest BCUT2D eigenvalue weighted by Crippen LogP contribution is 2.43. The van der Waals surface area contributed by atoms with Crippen LogP contribution in [0.5, 0.6) is 11.5 Å². The molecule has 0 aromatic heterocycles. The number of phosphoric acid groups is 1. The molecule has 0 radical (unpaired) electrons. The maximum Gasteiger partial charge on any atom is 0.365 e. The predicted octanol–water partition coefficient (Wildman–Crippen LogP) is 2.22. The molecule has 5 rings (SSSR count). The van der Waals surface area contributed by atoms with E-state index in [2.05, 4.69) is 14.8 Å². The highest BCUT2D eigenvalue weighted by atomic mass is 31.2. The van der Waals surface area contributed by atoms with E-state index in [1.54, 1.807) is 0 Å². The first kappa shape index (κ1) is 33.7. The number of aromatic carboxylic acids is 1. The topological polar surface area (TPSA) is 221 Å². The van der Waals surface area contributed by atoms with Crippen molar-refractivity contribution in [2.24, 2.45) is 0 Å². The number of aryl methyl sites for hydroxylation is 1. The van der Waals surface area contributed by atoms with Crippen LogP contribution >= 0.6 is 7.82 Å². The van der Waals surface area contributed by atoms with E-state index in [9.17, 15) is 47.9 Å². The maximum absolute atomic E-state index is 14.5. The number of hydrogen-bond acceptors (Lipinski definition) is 8. The summed E-state index contributed by atoms with van der Waals surface area (Å²) in [6.07, 6.45) is 0.396. The van der Waals surface area contributed by atoms with Gasteiger partial charge in [0.1, 0.15) is 17.1 Å². The summed E-state index contributed by atoms with van der Waals surface area (Å²) in [6.45, 7) is 0.116. The van der Waals surface area contributed by atoms with Gasteiger partial charge in [0.15, 0.2) is 23.9 Å². The highest BCUT2D eigenvalue weighted by Gasteiger charge is 2.25. The van der Waals surface area contributed by atoms with Crippen molar-refractivity contribution in [3.8, 4) is 33.9 Å². The zero-order valence-corrected chi connectivity index (χ0v) is 25.4. The second-order valence-corrected chi connectivity index (χ2v) is 11.6. The van der Waals surface area contributed by atoms with E-state index in [1.807, 2.05) is 0 Å². The maximum atomic E-state index is 14.5. The van der Waals surface area contributed by atoms with E-state index in [0.29, 0.717) is 12.0 Å². The lowest BCUT2D eigenvalue weighted by Gasteiger charge is -2.17. The number of benzene rings is 4. The number of aliphatic hydroxyl groups is 1. The van der Waals surface area contributed by atoms with Crippen LogP contribution in [0.2, 0.25) is 0 Å². The van der Waals surface area contributed by atoms with Gasteiger partial charge in [-0.3, -0.25) is 14.2 Å². The molecule has 0 saturated heterocycles. The molecule has 0 spiro atoms. The van der Waals surface area contributed by atoms with Crippen LogP contribution < -0.4 is 25.2 Å². The van der Waals surface area contributed by atoms with Crippen molar-refractivity contribution in [1.82, 2.24) is 5.32 Å². The number of phenolic OH excluding ortho intramolecular Hbond substituents is 1. The lowest BCUT2D eigenvalue weighted by molar-refractivity contribution is -0.463. The van der Waals surface area contributed by atoms with Crippen LogP contribution in [0.4, 0.5) is 8.78 Å². The number of carboxylic acid groups (broad SMARTS) is 1. The van der Waals surface area contributed by atoms with Gasteiger partial charge < -0.3 is 39.4 Å². The molecule has 16 heteroatoms. The average Bonchev–Trinajstić information content (AvgIpc) is 3.02. The minimum Gasteiger partial charge on any atom is -0.746 e. The van der Waals surface area contributed by atoms with Crippen LogP contribution in [0.3, 0.4) is 0 Å². The molecule has 1 heterocycles. The molecule has 3 aromatic rings. The number of carbonyl (C=O) groups is 2. The minimum atomic E-state index is -4.93. The van der Waals surface area contributed by atoms with Gasteiger partial charge in [-0.25, -0.2) is 18.6 Å². The molecule has 1 aliphatic carbocycles. The lowest BCUT2D eigenvalue weighted by Crippen LogP contribution is -2.75. The van der Waals surface area contributed by atoms with E-state index >= 15 is 0 Å². The molecular formula is C32H25F2N2O11P. The molecule has 1 unspecified atom stereocenters. The van der Waals surface area contributed by atoms with Crippen molar-refractivity contribution in [2.45, 2.75) is 12.8 Å². The Morgan fingerprint density at radius 2 is 1.71 bits per heavy atom. The lowest BCUT2D eigenvalue weighted by atomic mass is 9.89. The molecule has 3 aromatic carbocycles. The summed E-state index contributed by atoms with van der Waals surface area (Å²) in [7, 11) is -4.93.